The van der Waals surface area contributed by atoms with Gasteiger partial charge in [0.05, 0.1) is 3.57 Å². The van der Waals surface area contributed by atoms with Gasteiger partial charge in [0, 0.05) is 6.07 Å². The van der Waals surface area contributed by atoms with Crippen LogP contribution in [-0.2, 0) is 0 Å². The van der Waals surface area contributed by atoms with Crippen molar-refractivity contribution < 1.29 is 4.74 Å². The Hall–Kier alpha value is -0.820. The molecule has 1 aromatic heterocycles. The van der Waals surface area contributed by atoms with Crippen LogP contribution in [0.2, 0.25) is 0 Å². The molecule has 0 aliphatic rings. The molecule has 5 heteroatoms. The highest BCUT2D eigenvalue weighted by Crippen LogP contribution is 2.26. The molecule has 3 nitrogen and oxygen atoms in total. The summed E-state index contributed by atoms with van der Waals surface area (Å²) in [6.07, 6.45) is 3.48. The molecule has 0 aliphatic carbocycles. The molecule has 0 N–H and O–H groups in total. The summed E-state index contributed by atoms with van der Waals surface area (Å²) >= 11 is 3.80. The lowest BCUT2D eigenvalue weighted by molar-refractivity contribution is 0.456. The van der Waals surface area contributed by atoms with Crippen LogP contribution >= 0.6 is 34.4 Å². The summed E-state index contributed by atoms with van der Waals surface area (Å²) in [6, 6.07) is 9.65. The maximum atomic E-state index is 5.68. The van der Waals surface area contributed by atoms with Gasteiger partial charge in [-0.05, 0) is 41.0 Å². The van der Waals surface area contributed by atoms with E-state index in [4.69, 9.17) is 4.74 Å². The molecule has 0 unspecified atom stereocenters. The highest BCUT2D eigenvalue weighted by atomic mass is 127. The van der Waals surface area contributed by atoms with E-state index in [9.17, 15) is 0 Å². The minimum atomic E-state index is 0.573. The van der Waals surface area contributed by atoms with Crippen molar-refractivity contribution in [3.05, 3.63) is 40.2 Å². The first-order valence-corrected chi connectivity index (χ1v) is 6.88. The predicted molar refractivity (Wildman–Crippen MR) is 73.0 cm³/mol. The van der Waals surface area contributed by atoms with Crippen LogP contribution in [0.5, 0.6) is 11.6 Å². The summed E-state index contributed by atoms with van der Waals surface area (Å²) in [5.41, 5.74) is 0. The number of ether oxygens (including phenoxy) is 1. The van der Waals surface area contributed by atoms with E-state index in [0.717, 1.165) is 14.3 Å². The number of nitrogens with zero attached hydrogens (tertiary/aromatic N) is 2. The number of benzene rings is 1. The van der Waals surface area contributed by atoms with Crippen molar-refractivity contribution in [1.82, 2.24) is 9.97 Å². The van der Waals surface area contributed by atoms with Crippen molar-refractivity contribution in [3.8, 4) is 11.6 Å². The van der Waals surface area contributed by atoms with E-state index in [1.807, 2.05) is 36.6 Å². The number of para-hydroxylation sites is 1. The Balaban J connectivity index is 2.24. The van der Waals surface area contributed by atoms with Crippen molar-refractivity contribution in [2.45, 2.75) is 5.03 Å². The van der Waals surface area contributed by atoms with Gasteiger partial charge in [-0.3, -0.25) is 0 Å². The Morgan fingerprint density at radius 3 is 2.81 bits per heavy atom. The third kappa shape index (κ3) is 2.85. The average molecular weight is 344 g/mol. The average Bonchev–Trinajstić information content (AvgIpc) is 2.32. The van der Waals surface area contributed by atoms with E-state index >= 15 is 0 Å². The minimum absolute atomic E-state index is 0.573. The molecule has 82 valence electrons. The molecule has 0 fully saturated rings. The monoisotopic (exact) mass is 344 g/mol. The molecule has 0 saturated carbocycles. The molecular formula is C11H9IN2OS. The SMILES string of the molecule is CSc1cc(Oc2ccccc2I)ncn1. The standard InChI is InChI=1S/C11H9IN2OS/c1-16-11-6-10(13-7-14-11)15-9-5-3-2-4-8(9)12/h2-7H,1H3. The van der Waals surface area contributed by atoms with Crippen LogP contribution in [0.15, 0.2) is 41.7 Å². The molecule has 2 rings (SSSR count). The lowest BCUT2D eigenvalue weighted by Gasteiger charge is -2.06. The summed E-state index contributed by atoms with van der Waals surface area (Å²) in [6.45, 7) is 0. The number of thioether (sulfide) groups is 1. The van der Waals surface area contributed by atoms with Crippen LogP contribution < -0.4 is 4.74 Å². The van der Waals surface area contributed by atoms with Crippen LogP contribution in [0.3, 0.4) is 0 Å². The van der Waals surface area contributed by atoms with Crippen molar-refractivity contribution in [2.24, 2.45) is 0 Å². The highest BCUT2D eigenvalue weighted by molar-refractivity contribution is 14.1. The fourth-order valence-electron chi connectivity index (χ4n) is 1.13. The number of halogens is 1. The van der Waals surface area contributed by atoms with E-state index in [-0.39, 0.29) is 0 Å². The number of hydrogen-bond acceptors (Lipinski definition) is 4. The van der Waals surface area contributed by atoms with Gasteiger partial charge in [0.2, 0.25) is 5.88 Å². The van der Waals surface area contributed by atoms with Gasteiger partial charge in [0.15, 0.2) is 0 Å². The molecule has 2 aromatic rings. The molecule has 0 saturated heterocycles. The highest BCUT2D eigenvalue weighted by Gasteiger charge is 2.03. The summed E-state index contributed by atoms with van der Waals surface area (Å²) < 4.78 is 6.74. The number of aromatic nitrogens is 2. The lowest BCUT2D eigenvalue weighted by Crippen LogP contribution is -1.91. The summed E-state index contributed by atoms with van der Waals surface area (Å²) in [7, 11) is 0. The Morgan fingerprint density at radius 1 is 1.25 bits per heavy atom. The van der Waals surface area contributed by atoms with Crippen LogP contribution in [0.1, 0.15) is 0 Å². The third-order valence-corrected chi connectivity index (χ3v) is 3.41. The van der Waals surface area contributed by atoms with E-state index in [2.05, 4.69) is 32.6 Å². The lowest BCUT2D eigenvalue weighted by atomic mass is 10.3. The first-order chi connectivity index (χ1) is 7.79. The van der Waals surface area contributed by atoms with Gasteiger partial charge in [-0.1, -0.05) is 12.1 Å². The van der Waals surface area contributed by atoms with Crippen molar-refractivity contribution in [3.63, 3.8) is 0 Å². The molecule has 0 atom stereocenters. The Labute approximate surface area is 112 Å². The molecule has 0 amide bonds. The zero-order valence-corrected chi connectivity index (χ0v) is 11.5. The third-order valence-electron chi connectivity index (χ3n) is 1.88. The second-order valence-electron chi connectivity index (χ2n) is 2.93. The maximum Gasteiger partial charge on any atom is 0.223 e. The van der Waals surface area contributed by atoms with Crippen LogP contribution in [-0.4, -0.2) is 16.2 Å². The van der Waals surface area contributed by atoms with E-state index in [1.54, 1.807) is 11.8 Å². The summed E-state index contributed by atoms with van der Waals surface area (Å²) in [4.78, 5) is 8.17. The van der Waals surface area contributed by atoms with Gasteiger partial charge < -0.3 is 4.74 Å². The fourth-order valence-corrected chi connectivity index (χ4v) is 2.00. The molecule has 0 bridgehead atoms. The van der Waals surface area contributed by atoms with Crippen molar-refractivity contribution in [1.29, 1.82) is 0 Å². The molecule has 1 heterocycles. The second-order valence-corrected chi connectivity index (χ2v) is 4.92. The normalized spacial score (nSPS) is 10.1. The van der Waals surface area contributed by atoms with Crippen LogP contribution in [0.25, 0.3) is 0 Å². The van der Waals surface area contributed by atoms with Gasteiger partial charge in [-0.25, -0.2) is 9.97 Å². The van der Waals surface area contributed by atoms with Crippen molar-refractivity contribution in [2.75, 3.05) is 6.26 Å². The fraction of sp³-hybridized carbons (Fsp3) is 0.0909. The zero-order chi connectivity index (χ0) is 11.4. The van der Waals surface area contributed by atoms with E-state index in [1.165, 1.54) is 6.33 Å². The van der Waals surface area contributed by atoms with Crippen LogP contribution in [0.4, 0.5) is 0 Å². The largest absolute Gasteiger partial charge is 0.438 e. The van der Waals surface area contributed by atoms with Gasteiger partial charge >= 0.3 is 0 Å². The second kappa shape index (κ2) is 5.49. The zero-order valence-electron chi connectivity index (χ0n) is 8.55. The maximum absolute atomic E-state index is 5.68. The van der Waals surface area contributed by atoms with E-state index in [0.29, 0.717) is 5.88 Å². The smallest absolute Gasteiger partial charge is 0.223 e. The Kier molecular flexibility index (Phi) is 4.00. The van der Waals surface area contributed by atoms with Crippen molar-refractivity contribution >= 4 is 34.4 Å². The molecule has 16 heavy (non-hydrogen) atoms. The molecule has 0 aliphatic heterocycles. The van der Waals surface area contributed by atoms with Gasteiger partial charge in [-0.15, -0.1) is 11.8 Å². The number of hydrogen-bond donors (Lipinski definition) is 0. The first-order valence-electron chi connectivity index (χ1n) is 4.58. The minimum Gasteiger partial charge on any atom is -0.438 e. The van der Waals surface area contributed by atoms with E-state index < -0.39 is 0 Å². The Bertz CT molecular complexity index is 493. The topological polar surface area (TPSA) is 35.0 Å². The quantitative estimate of drug-likeness (QED) is 0.484. The first kappa shape index (κ1) is 11.7. The Morgan fingerprint density at radius 2 is 2.06 bits per heavy atom. The van der Waals surface area contributed by atoms with Crippen LogP contribution in [0, 0.1) is 3.57 Å². The van der Waals surface area contributed by atoms with Gasteiger partial charge in [0.25, 0.3) is 0 Å². The van der Waals surface area contributed by atoms with Gasteiger partial charge in [-0.2, -0.15) is 0 Å². The molecular weight excluding hydrogens is 335 g/mol. The molecule has 0 spiro atoms. The number of rotatable bonds is 3. The van der Waals surface area contributed by atoms with Gasteiger partial charge in [0.1, 0.15) is 17.1 Å². The predicted octanol–water partition coefficient (Wildman–Crippen LogP) is 3.60. The molecule has 1 aromatic carbocycles. The molecule has 0 radical (unpaired) electrons. The summed E-state index contributed by atoms with van der Waals surface area (Å²) in [5, 5.41) is 0.899. The summed E-state index contributed by atoms with van der Waals surface area (Å²) in [5.74, 6) is 1.39.